The van der Waals surface area contributed by atoms with Gasteiger partial charge in [-0.3, -0.25) is 9.80 Å². The first-order valence-electron chi connectivity index (χ1n) is 12.0. The second kappa shape index (κ2) is 9.05. The van der Waals surface area contributed by atoms with Crippen molar-refractivity contribution in [3.8, 4) is 11.5 Å². The van der Waals surface area contributed by atoms with Crippen LogP contribution in [0.5, 0.6) is 11.5 Å². The quantitative estimate of drug-likeness (QED) is 0.550. The first-order valence-corrected chi connectivity index (χ1v) is 12.0. The summed E-state index contributed by atoms with van der Waals surface area (Å²) in [6.07, 6.45) is 4.59. The van der Waals surface area contributed by atoms with Gasteiger partial charge in [-0.2, -0.15) is 0 Å². The molecular weight excluding hydrogens is 408 g/mol. The highest BCUT2D eigenvalue weighted by Crippen LogP contribution is 2.38. The van der Waals surface area contributed by atoms with E-state index in [9.17, 15) is 0 Å². The number of piperazine rings is 1. The molecule has 1 aliphatic carbocycles. The van der Waals surface area contributed by atoms with Gasteiger partial charge in [-0.15, -0.1) is 0 Å². The van der Waals surface area contributed by atoms with Crippen LogP contribution in [0.1, 0.15) is 34.7 Å². The molecule has 2 aliphatic heterocycles. The zero-order valence-electron chi connectivity index (χ0n) is 19.0. The van der Waals surface area contributed by atoms with Crippen molar-refractivity contribution in [2.45, 2.75) is 18.9 Å². The number of rotatable bonds is 5. The molecule has 0 radical (unpaired) electrons. The van der Waals surface area contributed by atoms with Crippen molar-refractivity contribution in [1.82, 2.24) is 9.80 Å². The molecule has 3 aromatic rings. The molecule has 0 spiro atoms. The Kier molecular flexibility index (Phi) is 5.63. The van der Waals surface area contributed by atoms with Gasteiger partial charge in [0.05, 0.1) is 6.04 Å². The summed E-state index contributed by atoms with van der Waals surface area (Å²) in [6, 6.07) is 26.5. The van der Waals surface area contributed by atoms with E-state index in [0.717, 1.165) is 57.1 Å². The smallest absolute Gasteiger partial charge is 0.231 e. The molecule has 168 valence electrons. The molecule has 3 aromatic carbocycles. The zero-order valence-corrected chi connectivity index (χ0v) is 19.0. The van der Waals surface area contributed by atoms with E-state index >= 15 is 0 Å². The molecule has 0 atom stereocenters. The Morgan fingerprint density at radius 1 is 0.727 bits per heavy atom. The van der Waals surface area contributed by atoms with Crippen LogP contribution < -0.4 is 9.47 Å². The number of nitrogens with zero attached hydrogens (tertiary/aromatic N) is 2. The molecule has 0 amide bonds. The highest BCUT2D eigenvalue weighted by Gasteiger charge is 2.27. The number of fused-ring (bicyclic) bond motifs is 2. The second-order valence-electron chi connectivity index (χ2n) is 9.24. The standard InChI is InChI=1S/C29H30N2O2/c1-3-7-23(8-4-1)29(24-9-5-2-6-10-24)31-15-13-30(14-16-31)20-22-11-12-25-18-27-28(33-21-32-27)19-26(25)17-22/h1-10,17-19,29H,11-16,20-21H2. The first kappa shape index (κ1) is 20.5. The fourth-order valence-corrected chi connectivity index (χ4v) is 5.41. The maximum absolute atomic E-state index is 5.59. The average Bonchev–Trinajstić information content (AvgIpc) is 3.32. The van der Waals surface area contributed by atoms with Crippen molar-refractivity contribution in [3.05, 3.63) is 101 Å². The number of hydrogen-bond acceptors (Lipinski definition) is 4. The zero-order chi connectivity index (χ0) is 22.0. The average molecular weight is 439 g/mol. The largest absolute Gasteiger partial charge is 0.454 e. The van der Waals surface area contributed by atoms with E-state index < -0.39 is 0 Å². The van der Waals surface area contributed by atoms with E-state index in [1.807, 2.05) is 0 Å². The third-order valence-corrected chi connectivity index (χ3v) is 7.14. The molecule has 0 unspecified atom stereocenters. The van der Waals surface area contributed by atoms with Gasteiger partial charge in [0.1, 0.15) is 0 Å². The second-order valence-corrected chi connectivity index (χ2v) is 9.24. The van der Waals surface area contributed by atoms with Gasteiger partial charge < -0.3 is 9.47 Å². The predicted molar refractivity (Wildman–Crippen MR) is 132 cm³/mol. The summed E-state index contributed by atoms with van der Waals surface area (Å²) in [5, 5.41) is 0. The number of benzene rings is 3. The third kappa shape index (κ3) is 4.29. The summed E-state index contributed by atoms with van der Waals surface area (Å²) < 4.78 is 11.1. The first-order chi connectivity index (χ1) is 16.3. The molecule has 0 saturated carbocycles. The van der Waals surface area contributed by atoms with Crippen LogP contribution in [0.4, 0.5) is 0 Å². The van der Waals surface area contributed by atoms with Crippen LogP contribution in [0.2, 0.25) is 0 Å². The maximum Gasteiger partial charge on any atom is 0.231 e. The van der Waals surface area contributed by atoms with Crippen LogP contribution in [0.3, 0.4) is 0 Å². The third-order valence-electron chi connectivity index (χ3n) is 7.14. The molecular formula is C29H30N2O2. The van der Waals surface area contributed by atoms with Crippen LogP contribution in [0.15, 0.2) is 78.4 Å². The highest BCUT2D eigenvalue weighted by molar-refractivity contribution is 5.65. The summed E-state index contributed by atoms with van der Waals surface area (Å²) in [4.78, 5) is 5.26. The Bertz CT molecular complexity index is 1100. The van der Waals surface area contributed by atoms with Gasteiger partial charge in [-0.05, 0) is 47.2 Å². The van der Waals surface area contributed by atoms with E-state index in [4.69, 9.17) is 9.47 Å². The Hall–Kier alpha value is -3.08. The van der Waals surface area contributed by atoms with Crippen molar-refractivity contribution < 1.29 is 9.47 Å². The topological polar surface area (TPSA) is 24.9 Å². The van der Waals surface area contributed by atoms with Gasteiger partial charge >= 0.3 is 0 Å². The highest BCUT2D eigenvalue weighted by atomic mass is 16.7. The lowest BCUT2D eigenvalue weighted by Crippen LogP contribution is -2.48. The maximum atomic E-state index is 5.59. The van der Waals surface area contributed by atoms with Crippen LogP contribution >= 0.6 is 0 Å². The summed E-state index contributed by atoms with van der Waals surface area (Å²) in [7, 11) is 0. The molecule has 6 rings (SSSR count). The van der Waals surface area contributed by atoms with Crippen LogP contribution in [-0.2, 0) is 6.42 Å². The Labute approximate surface area is 196 Å². The number of hydrogen-bond donors (Lipinski definition) is 0. The molecule has 0 N–H and O–H groups in total. The predicted octanol–water partition coefficient (Wildman–Crippen LogP) is 5.15. The van der Waals surface area contributed by atoms with Crippen molar-refractivity contribution in [1.29, 1.82) is 0 Å². The van der Waals surface area contributed by atoms with Crippen molar-refractivity contribution in [2.24, 2.45) is 0 Å². The minimum Gasteiger partial charge on any atom is -0.454 e. The molecule has 0 aromatic heterocycles. The lowest BCUT2D eigenvalue weighted by atomic mass is 9.91. The summed E-state index contributed by atoms with van der Waals surface area (Å²) in [5.74, 6) is 1.78. The molecule has 0 bridgehead atoms. The van der Waals surface area contributed by atoms with E-state index in [0.29, 0.717) is 12.8 Å². The Balaban J connectivity index is 1.14. The normalized spacial score (nSPS) is 18.3. The van der Waals surface area contributed by atoms with E-state index in [1.54, 1.807) is 0 Å². The van der Waals surface area contributed by atoms with Gasteiger partial charge in [0, 0.05) is 32.7 Å². The summed E-state index contributed by atoms with van der Waals surface area (Å²) >= 11 is 0. The lowest BCUT2D eigenvalue weighted by Gasteiger charge is -2.40. The molecule has 4 heteroatoms. The van der Waals surface area contributed by atoms with Gasteiger partial charge in [0.25, 0.3) is 0 Å². The van der Waals surface area contributed by atoms with Crippen molar-refractivity contribution in [3.63, 3.8) is 0 Å². The fraction of sp³-hybridized carbons (Fsp3) is 0.310. The van der Waals surface area contributed by atoms with Crippen molar-refractivity contribution >= 4 is 6.08 Å². The van der Waals surface area contributed by atoms with Gasteiger partial charge in [-0.1, -0.05) is 72.3 Å². The minimum absolute atomic E-state index is 0.319. The van der Waals surface area contributed by atoms with Gasteiger partial charge in [0.2, 0.25) is 6.79 Å². The van der Waals surface area contributed by atoms with Crippen LogP contribution in [0.25, 0.3) is 6.08 Å². The number of ether oxygens (including phenoxy) is 2. The van der Waals surface area contributed by atoms with E-state index in [1.165, 1.54) is 27.8 Å². The van der Waals surface area contributed by atoms with Crippen LogP contribution in [0, 0.1) is 0 Å². The molecule has 4 nitrogen and oxygen atoms in total. The Morgan fingerprint density at radius 3 is 2.03 bits per heavy atom. The minimum atomic E-state index is 0.319. The SMILES string of the molecule is C1=C(CN2CCN(C(c3ccccc3)c3ccccc3)CC2)CCc2cc3c(cc21)OCO3. The summed E-state index contributed by atoms with van der Waals surface area (Å²) in [6.45, 7) is 5.76. The number of aryl methyl sites for hydroxylation is 1. The Morgan fingerprint density at radius 2 is 1.36 bits per heavy atom. The van der Waals surface area contributed by atoms with Gasteiger partial charge in [0.15, 0.2) is 11.5 Å². The monoisotopic (exact) mass is 438 g/mol. The van der Waals surface area contributed by atoms with Crippen LogP contribution in [-0.4, -0.2) is 49.3 Å². The molecule has 1 saturated heterocycles. The van der Waals surface area contributed by atoms with E-state index in [2.05, 4.69) is 88.7 Å². The molecule has 2 heterocycles. The lowest BCUT2D eigenvalue weighted by molar-refractivity contribution is 0.115. The van der Waals surface area contributed by atoms with Gasteiger partial charge in [-0.25, -0.2) is 0 Å². The summed E-state index contributed by atoms with van der Waals surface area (Å²) in [5.41, 5.74) is 6.95. The molecule has 1 fully saturated rings. The van der Waals surface area contributed by atoms with Crippen molar-refractivity contribution in [2.75, 3.05) is 39.5 Å². The molecule has 33 heavy (non-hydrogen) atoms. The fourth-order valence-electron chi connectivity index (χ4n) is 5.41. The van der Waals surface area contributed by atoms with E-state index in [-0.39, 0.29) is 0 Å². The molecule has 3 aliphatic rings.